The summed E-state index contributed by atoms with van der Waals surface area (Å²) in [5.41, 5.74) is 0.387. The number of non-ortho nitro benzene ring substituents is 1. The molecule has 2 unspecified atom stereocenters. The maximum Gasteiger partial charge on any atom is 0.275 e. The first-order valence-electron chi connectivity index (χ1n) is 7.61. The maximum absolute atomic E-state index is 12.5. The van der Waals surface area contributed by atoms with Crippen LogP contribution in [0.3, 0.4) is 0 Å². The molecule has 3 rings (SSSR count). The molecule has 1 amide bonds. The van der Waals surface area contributed by atoms with Gasteiger partial charge in [0, 0.05) is 12.1 Å². The molecule has 0 radical (unpaired) electrons. The Labute approximate surface area is 153 Å². The zero-order valence-corrected chi connectivity index (χ0v) is 15.1. The molecule has 0 N–H and O–H groups in total. The summed E-state index contributed by atoms with van der Waals surface area (Å²) in [6.07, 6.45) is 0.336. The van der Waals surface area contributed by atoms with E-state index in [2.05, 4.69) is 15.3 Å². The average Bonchev–Trinajstić information content (AvgIpc) is 3.06. The van der Waals surface area contributed by atoms with Crippen LogP contribution in [0.25, 0.3) is 0 Å². The van der Waals surface area contributed by atoms with E-state index in [9.17, 15) is 23.3 Å². The fourth-order valence-corrected chi connectivity index (χ4v) is 4.66. The number of benzene rings is 1. The van der Waals surface area contributed by atoms with Gasteiger partial charge in [0.05, 0.1) is 33.2 Å². The molecule has 1 aromatic rings. The van der Waals surface area contributed by atoms with E-state index in [-0.39, 0.29) is 27.9 Å². The number of nitro benzene ring substituents is 1. The second-order valence-electron chi connectivity index (χ2n) is 5.99. The van der Waals surface area contributed by atoms with E-state index in [4.69, 9.17) is 11.6 Å². The smallest absolute Gasteiger partial charge is 0.270 e. The Morgan fingerprint density at radius 2 is 2.15 bits per heavy atom. The lowest BCUT2D eigenvalue weighted by atomic mass is 10.2. The molecule has 0 aromatic heterocycles. The molecule has 12 heteroatoms. The molecule has 2 aliphatic heterocycles. The number of sulfone groups is 1. The van der Waals surface area contributed by atoms with Crippen LogP contribution in [0.15, 0.2) is 33.5 Å². The monoisotopic (exact) mass is 399 g/mol. The molecule has 2 atom stereocenters. The van der Waals surface area contributed by atoms with E-state index < -0.39 is 32.8 Å². The molecule has 2 heterocycles. The summed E-state index contributed by atoms with van der Waals surface area (Å²) in [6.45, 7) is 1.60. The van der Waals surface area contributed by atoms with Gasteiger partial charge in [-0.25, -0.2) is 13.4 Å². The Kier molecular flexibility index (Phi) is 4.76. The van der Waals surface area contributed by atoms with Crippen molar-refractivity contribution in [3.8, 4) is 0 Å². The molecule has 0 spiro atoms. The van der Waals surface area contributed by atoms with E-state index in [0.29, 0.717) is 12.1 Å². The summed E-state index contributed by atoms with van der Waals surface area (Å²) in [6, 6.07) is 2.24. The zero-order valence-electron chi connectivity index (χ0n) is 13.6. The van der Waals surface area contributed by atoms with Crippen LogP contribution in [0.5, 0.6) is 0 Å². The van der Waals surface area contributed by atoms with Crippen molar-refractivity contribution in [1.82, 2.24) is 5.01 Å². The molecule has 26 heavy (non-hydrogen) atoms. The fourth-order valence-electron chi connectivity index (χ4n) is 2.75. The van der Waals surface area contributed by atoms with Gasteiger partial charge in [-0.15, -0.1) is 0 Å². The van der Waals surface area contributed by atoms with Gasteiger partial charge in [-0.05, 0) is 19.4 Å². The number of carbonyl (C=O) groups excluding carboxylic acids is 1. The lowest BCUT2D eigenvalue weighted by Crippen LogP contribution is -2.38. The summed E-state index contributed by atoms with van der Waals surface area (Å²) < 4.78 is 23.2. The van der Waals surface area contributed by atoms with E-state index in [1.165, 1.54) is 17.1 Å². The van der Waals surface area contributed by atoms with Gasteiger partial charge in [0.15, 0.2) is 15.9 Å². The molecule has 0 aliphatic carbocycles. The second kappa shape index (κ2) is 6.72. The normalized spacial score (nSPS) is 25.1. The number of amides is 1. The minimum atomic E-state index is -3.15. The molecule has 1 aromatic carbocycles. The molecule has 1 fully saturated rings. The van der Waals surface area contributed by atoms with Crippen molar-refractivity contribution >= 4 is 44.4 Å². The van der Waals surface area contributed by atoms with Crippen molar-refractivity contribution in [2.45, 2.75) is 25.4 Å². The lowest BCUT2D eigenvalue weighted by Gasteiger charge is -2.18. The SMILES string of the molecule is CC1=NN(C2CCS(=O)(=O)C2)C(=O)C1N=Nc1ccc([N+](=O)[O-])cc1Cl. The first-order valence-corrected chi connectivity index (χ1v) is 9.81. The highest BCUT2D eigenvalue weighted by Crippen LogP contribution is 2.30. The second-order valence-corrected chi connectivity index (χ2v) is 8.63. The highest BCUT2D eigenvalue weighted by Gasteiger charge is 2.42. The quantitative estimate of drug-likeness (QED) is 0.434. The van der Waals surface area contributed by atoms with Gasteiger partial charge in [-0.3, -0.25) is 14.9 Å². The first-order chi connectivity index (χ1) is 12.2. The minimum absolute atomic E-state index is 0.0284. The maximum atomic E-state index is 12.5. The highest BCUT2D eigenvalue weighted by molar-refractivity contribution is 7.91. The third kappa shape index (κ3) is 3.58. The van der Waals surface area contributed by atoms with E-state index in [1.807, 2.05) is 0 Å². The summed E-state index contributed by atoms with van der Waals surface area (Å²) >= 11 is 5.94. The van der Waals surface area contributed by atoms with Gasteiger partial charge < -0.3 is 0 Å². The molecular formula is C14H14ClN5O5S. The predicted octanol–water partition coefficient (Wildman–Crippen LogP) is 2.11. The molecule has 10 nitrogen and oxygen atoms in total. The van der Waals surface area contributed by atoms with Crippen molar-refractivity contribution in [2.24, 2.45) is 15.3 Å². The Balaban J connectivity index is 1.77. The molecule has 1 saturated heterocycles. The number of azo groups is 1. The fraction of sp³-hybridized carbons (Fsp3) is 0.429. The number of nitro groups is 1. The average molecular weight is 400 g/mol. The highest BCUT2D eigenvalue weighted by atomic mass is 35.5. The number of hydrogen-bond acceptors (Lipinski definition) is 8. The van der Waals surface area contributed by atoms with Gasteiger partial charge in [-0.1, -0.05) is 11.6 Å². The third-order valence-electron chi connectivity index (χ3n) is 4.10. The Hall–Kier alpha value is -2.40. The van der Waals surface area contributed by atoms with Gasteiger partial charge in [0.2, 0.25) is 0 Å². The predicted molar refractivity (Wildman–Crippen MR) is 93.4 cm³/mol. The van der Waals surface area contributed by atoms with Gasteiger partial charge in [0.1, 0.15) is 5.69 Å². The van der Waals surface area contributed by atoms with Crippen LogP contribution in [-0.2, 0) is 14.6 Å². The number of halogens is 1. The Bertz CT molecular complexity index is 945. The molecule has 2 aliphatic rings. The van der Waals surface area contributed by atoms with E-state index >= 15 is 0 Å². The van der Waals surface area contributed by atoms with E-state index in [0.717, 1.165) is 6.07 Å². The van der Waals surface area contributed by atoms with Crippen LogP contribution in [-0.4, -0.2) is 53.6 Å². The third-order valence-corrected chi connectivity index (χ3v) is 6.15. The van der Waals surface area contributed by atoms with Gasteiger partial charge in [0.25, 0.3) is 11.6 Å². The van der Waals surface area contributed by atoms with Crippen molar-refractivity contribution in [3.05, 3.63) is 33.3 Å². The van der Waals surface area contributed by atoms with Crippen LogP contribution in [0.2, 0.25) is 5.02 Å². The van der Waals surface area contributed by atoms with Gasteiger partial charge >= 0.3 is 0 Å². The largest absolute Gasteiger partial charge is 0.275 e. The summed E-state index contributed by atoms with van der Waals surface area (Å²) in [4.78, 5) is 22.6. The molecule has 138 valence electrons. The van der Waals surface area contributed by atoms with Crippen LogP contribution < -0.4 is 0 Å². The van der Waals surface area contributed by atoms with Crippen molar-refractivity contribution in [3.63, 3.8) is 0 Å². The number of nitrogens with zero attached hydrogens (tertiary/aromatic N) is 5. The molecular weight excluding hydrogens is 386 g/mol. The zero-order chi connectivity index (χ0) is 19.1. The number of rotatable bonds is 4. The lowest BCUT2D eigenvalue weighted by molar-refractivity contribution is -0.384. The van der Waals surface area contributed by atoms with Crippen molar-refractivity contribution < 1.29 is 18.1 Å². The summed E-state index contributed by atoms with van der Waals surface area (Å²) in [5.74, 6) is -0.542. The molecule has 0 bridgehead atoms. The van der Waals surface area contributed by atoms with Crippen molar-refractivity contribution in [2.75, 3.05) is 11.5 Å². The van der Waals surface area contributed by atoms with Gasteiger partial charge in [-0.2, -0.15) is 15.3 Å². The van der Waals surface area contributed by atoms with Crippen LogP contribution >= 0.6 is 11.6 Å². The van der Waals surface area contributed by atoms with Crippen LogP contribution in [0.4, 0.5) is 11.4 Å². The van der Waals surface area contributed by atoms with E-state index in [1.54, 1.807) is 6.92 Å². The minimum Gasteiger partial charge on any atom is -0.270 e. The molecule has 0 saturated carbocycles. The summed E-state index contributed by atoms with van der Waals surface area (Å²) in [5, 5.41) is 23.9. The Morgan fingerprint density at radius 1 is 1.42 bits per heavy atom. The topological polar surface area (TPSA) is 135 Å². The summed E-state index contributed by atoms with van der Waals surface area (Å²) in [7, 11) is -3.15. The van der Waals surface area contributed by atoms with Crippen molar-refractivity contribution in [1.29, 1.82) is 0 Å². The first kappa shape index (κ1) is 18.4. The number of hydrogen-bond donors (Lipinski definition) is 0. The number of carbonyl (C=O) groups is 1. The number of hydrazone groups is 1. The Morgan fingerprint density at radius 3 is 2.73 bits per heavy atom. The van der Waals surface area contributed by atoms with Crippen LogP contribution in [0, 0.1) is 10.1 Å². The van der Waals surface area contributed by atoms with Crippen LogP contribution in [0.1, 0.15) is 13.3 Å². The standard InChI is InChI=1S/C14H14ClN5O5S/c1-8-13(14(21)19(18-8)10-4-5-26(24,25)7-10)17-16-12-3-2-9(20(22)23)6-11(12)15/h2-3,6,10,13H,4-5,7H2,1H3.